The van der Waals surface area contributed by atoms with E-state index in [1.165, 1.54) is 17.5 Å². The second kappa shape index (κ2) is 5.82. The van der Waals surface area contributed by atoms with Crippen LogP contribution in [0.25, 0.3) is 0 Å². The van der Waals surface area contributed by atoms with Crippen molar-refractivity contribution in [2.45, 2.75) is 38.3 Å². The summed E-state index contributed by atoms with van der Waals surface area (Å²) in [4.78, 5) is 0. The first-order valence-electron chi connectivity index (χ1n) is 7.35. The maximum atomic E-state index is 6.42. The van der Waals surface area contributed by atoms with Gasteiger partial charge in [0, 0.05) is 5.54 Å². The minimum Gasteiger partial charge on any atom is -0.487 e. The highest BCUT2D eigenvalue weighted by molar-refractivity contribution is 9.10. The Labute approximate surface area is 134 Å². The van der Waals surface area contributed by atoms with Gasteiger partial charge in [-0.3, -0.25) is 0 Å². The van der Waals surface area contributed by atoms with E-state index in [0.717, 1.165) is 28.6 Å². The normalized spacial score (nSPS) is 16.3. The lowest BCUT2D eigenvalue weighted by molar-refractivity contribution is 0.252. The Morgan fingerprint density at radius 2 is 1.90 bits per heavy atom. The molecule has 0 radical (unpaired) electrons. The summed E-state index contributed by atoms with van der Waals surface area (Å²) < 4.78 is 6.98. The minimum atomic E-state index is -0.134. The van der Waals surface area contributed by atoms with Crippen LogP contribution in [0.15, 0.2) is 46.9 Å². The quantitative estimate of drug-likeness (QED) is 0.873. The van der Waals surface area contributed by atoms with Crippen LogP contribution >= 0.6 is 15.9 Å². The van der Waals surface area contributed by atoms with Crippen molar-refractivity contribution in [3.05, 3.63) is 63.6 Å². The maximum Gasteiger partial charge on any atom is 0.136 e. The molecule has 0 aliphatic heterocycles. The molecule has 1 fully saturated rings. The van der Waals surface area contributed by atoms with Gasteiger partial charge in [-0.05, 0) is 64.9 Å². The molecule has 2 aromatic carbocycles. The molecule has 0 bridgehead atoms. The predicted octanol–water partition coefficient (Wildman–Crippen LogP) is 4.67. The van der Waals surface area contributed by atoms with Crippen LogP contribution in [0.5, 0.6) is 5.75 Å². The SMILES string of the molecule is Cc1cc(C2(N)CCC2)cc(Br)c1OCc1ccccc1. The number of nitrogens with two attached hydrogens (primary N) is 1. The van der Waals surface area contributed by atoms with Gasteiger partial charge in [-0.25, -0.2) is 0 Å². The van der Waals surface area contributed by atoms with Crippen molar-refractivity contribution in [2.24, 2.45) is 5.73 Å². The summed E-state index contributed by atoms with van der Waals surface area (Å²) in [6.45, 7) is 2.66. The first-order chi connectivity index (χ1) is 10.1. The fourth-order valence-electron chi connectivity index (χ4n) is 2.78. The highest BCUT2D eigenvalue weighted by Crippen LogP contribution is 2.42. The van der Waals surface area contributed by atoms with E-state index >= 15 is 0 Å². The highest BCUT2D eigenvalue weighted by Gasteiger charge is 2.35. The maximum absolute atomic E-state index is 6.42. The average Bonchev–Trinajstić information content (AvgIpc) is 2.45. The first kappa shape index (κ1) is 14.6. The summed E-state index contributed by atoms with van der Waals surface area (Å²) in [6, 6.07) is 14.5. The van der Waals surface area contributed by atoms with Crippen molar-refractivity contribution in [1.82, 2.24) is 0 Å². The summed E-state index contributed by atoms with van der Waals surface area (Å²) >= 11 is 3.64. The van der Waals surface area contributed by atoms with E-state index < -0.39 is 0 Å². The molecule has 0 saturated heterocycles. The van der Waals surface area contributed by atoms with E-state index in [1.54, 1.807) is 0 Å². The topological polar surface area (TPSA) is 35.2 Å². The Morgan fingerprint density at radius 1 is 1.19 bits per heavy atom. The third-order valence-corrected chi connectivity index (χ3v) is 4.87. The number of hydrogen-bond acceptors (Lipinski definition) is 2. The minimum absolute atomic E-state index is 0.134. The molecule has 0 spiro atoms. The van der Waals surface area contributed by atoms with Crippen LogP contribution in [-0.4, -0.2) is 0 Å². The number of ether oxygens (including phenoxy) is 1. The zero-order valence-corrected chi connectivity index (χ0v) is 13.8. The molecule has 2 aromatic rings. The van der Waals surface area contributed by atoms with Crippen molar-refractivity contribution >= 4 is 15.9 Å². The van der Waals surface area contributed by atoms with E-state index in [9.17, 15) is 0 Å². The second-order valence-electron chi connectivity index (χ2n) is 5.89. The van der Waals surface area contributed by atoms with E-state index in [0.29, 0.717) is 6.61 Å². The Morgan fingerprint density at radius 3 is 2.48 bits per heavy atom. The molecule has 1 aliphatic rings. The van der Waals surface area contributed by atoms with Gasteiger partial charge in [0.1, 0.15) is 12.4 Å². The molecular formula is C18H20BrNO. The van der Waals surface area contributed by atoms with E-state index in [4.69, 9.17) is 10.5 Å². The molecule has 0 atom stereocenters. The van der Waals surface area contributed by atoms with Gasteiger partial charge in [-0.15, -0.1) is 0 Å². The van der Waals surface area contributed by atoms with Gasteiger partial charge in [0.05, 0.1) is 4.47 Å². The van der Waals surface area contributed by atoms with Crippen molar-refractivity contribution in [3.63, 3.8) is 0 Å². The Bertz CT molecular complexity index is 612. The summed E-state index contributed by atoms with van der Waals surface area (Å²) in [6.07, 6.45) is 3.37. The molecule has 110 valence electrons. The third-order valence-electron chi connectivity index (χ3n) is 4.28. The van der Waals surface area contributed by atoms with Crippen LogP contribution in [0.2, 0.25) is 0 Å². The Kier molecular flexibility index (Phi) is 4.05. The van der Waals surface area contributed by atoms with E-state index in [1.807, 2.05) is 18.2 Å². The zero-order valence-electron chi connectivity index (χ0n) is 12.2. The lowest BCUT2D eigenvalue weighted by Crippen LogP contribution is -2.43. The second-order valence-corrected chi connectivity index (χ2v) is 6.74. The first-order valence-corrected chi connectivity index (χ1v) is 8.14. The van der Waals surface area contributed by atoms with Gasteiger partial charge in [-0.1, -0.05) is 36.4 Å². The van der Waals surface area contributed by atoms with Gasteiger partial charge in [0.15, 0.2) is 0 Å². The molecule has 3 heteroatoms. The van der Waals surface area contributed by atoms with Crippen molar-refractivity contribution < 1.29 is 4.74 Å². The summed E-state index contributed by atoms with van der Waals surface area (Å²) in [5.41, 5.74) is 9.79. The molecule has 1 saturated carbocycles. The van der Waals surface area contributed by atoms with Crippen LogP contribution in [-0.2, 0) is 12.1 Å². The average molecular weight is 346 g/mol. The summed E-state index contributed by atoms with van der Waals surface area (Å²) in [7, 11) is 0. The van der Waals surface area contributed by atoms with E-state index in [2.05, 4.69) is 47.1 Å². The molecule has 3 rings (SSSR count). The lowest BCUT2D eigenvalue weighted by Gasteiger charge is -2.39. The van der Waals surface area contributed by atoms with Crippen LogP contribution in [0.3, 0.4) is 0 Å². The number of rotatable bonds is 4. The zero-order chi connectivity index (χ0) is 14.9. The van der Waals surface area contributed by atoms with Crippen molar-refractivity contribution in [1.29, 1.82) is 0 Å². The van der Waals surface area contributed by atoms with Crippen LogP contribution < -0.4 is 10.5 Å². The summed E-state index contributed by atoms with van der Waals surface area (Å²) in [5.74, 6) is 0.908. The molecule has 0 aromatic heterocycles. The molecule has 1 aliphatic carbocycles. The number of benzene rings is 2. The summed E-state index contributed by atoms with van der Waals surface area (Å²) in [5, 5.41) is 0. The van der Waals surface area contributed by atoms with Crippen LogP contribution in [0, 0.1) is 6.92 Å². The monoisotopic (exact) mass is 345 g/mol. The van der Waals surface area contributed by atoms with Gasteiger partial charge >= 0.3 is 0 Å². The van der Waals surface area contributed by atoms with E-state index in [-0.39, 0.29) is 5.54 Å². The molecule has 0 heterocycles. The van der Waals surface area contributed by atoms with Gasteiger partial charge in [0.2, 0.25) is 0 Å². The fraction of sp³-hybridized carbons (Fsp3) is 0.333. The number of halogens is 1. The van der Waals surface area contributed by atoms with Crippen LogP contribution in [0.1, 0.15) is 36.0 Å². The van der Waals surface area contributed by atoms with Gasteiger partial charge in [-0.2, -0.15) is 0 Å². The number of hydrogen-bond donors (Lipinski definition) is 1. The Hall–Kier alpha value is -1.32. The van der Waals surface area contributed by atoms with Gasteiger partial charge < -0.3 is 10.5 Å². The molecule has 21 heavy (non-hydrogen) atoms. The van der Waals surface area contributed by atoms with Crippen molar-refractivity contribution in [2.75, 3.05) is 0 Å². The Balaban J connectivity index is 1.80. The standard InChI is InChI=1S/C18H20BrNO/c1-13-10-15(18(20)8-5-9-18)11-16(19)17(13)21-12-14-6-3-2-4-7-14/h2-4,6-7,10-11H,5,8-9,12,20H2,1H3. The molecule has 2 nitrogen and oxygen atoms in total. The number of aryl methyl sites for hydroxylation is 1. The fourth-order valence-corrected chi connectivity index (χ4v) is 3.45. The predicted molar refractivity (Wildman–Crippen MR) is 89.4 cm³/mol. The molecule has 0 amide bonds. The molecule has 0 unspecified atom stereocenters. The molecular weight excluding hydrogens is 326 g/mol. The smallest absolute Gasteiger partial charge is 0.136 e. The third kappa shape index (κ3) is 2.99. The highest BCUT2D eigenvalue weighted by atomic mass is 79.9. The largest absolute Gasteiger partial charge is 0.487 e. The van der Waals surface area contributed by atoms with Crippen LogP contribution in [0.4, 0.5) is 0 Å². The molecule has 2 N–H and O–H groups in total. The lowest BCUT2D eigenvalue weighted by atomic mass is 9.72. The van der Waals surface area contributed by atoms with Gasteiger partial charge in [0.25, 0.3) is 0 Å². The van der Waals surface area contributed by atoms with Crippen molar-refractivity contribution in [3.8, 4) is 5.75 Å².